The van der Waals surface area contributed by atoms with E-state index in [0.717, 1.165) is 16.7 Å². The number of ether oxygens (including phenoxy) is 1. The normalized spacial score (nSPS) is 23.3. The number of fused-ring (bicyclic) bond motifs is 4. The number of amides is 3. The minimum atomic E-state index is -1.25. The summed E-state index contributed by atoms with van der Waals surface area (Å²) in [7, 11) is 0. The first-order valence-corrected chi connectivity index (χ1v) is 11.2. The van der Waals surface area contributed by atoms with Crippen LogP contribution in [0.25, 0.3) is 0 Å². The van der Waals surface area contributed by atoms with E-state index in [1.54, 1.807) is 29.2 Å². The van der Waals surface area contributed by atoms with Gasteiger partial charge < -0.3 is 15.4 Å². The maximum absolute atomic E-state index is 13.7. The van der Waals surface area contributed by atoms with Gasteiger partial charge in [-0.05, 0) is 68.3 Å². The first-order valence-electron chi connectivity index (χ1n) is 10.8. The summed E-state index contributed by atoms with van der Waals surface area (Å²) in [5, 5.41) is 6.64. The average molecular weight is 462 g/mol. The lowest BCUT2D eigenvalue weighted by atomic mass is 9.78. The van der Waals surface area contributed by atoms with E-state index in [2.05, 4.69) is 10.6 Å². The van der Waals surface area contributed by atoms with Crippen LogP contribution in [-0.2, 0) is 4.79 Å². The average Bonchev–Trinajstić information content (AvgIpc) is 2.77. The van der Waals surface area contributed by atoms with Gasteiger partial charge in [0.2, 0.25) is 11.6 Å². The molecule has 2 aliphatic rings. The van der Waals surface area contributed by atoms with Crippen LogP contribution in [0.1, 0.15) is 29.7 Å². The number of aryl methyl sites for hydroxylation is 2. The number of anilines is 2. The number of nitrogens with zero attached hydrogens (tertiary/aromatic N) is 1. The zero-order chi connectivity index (χ0) is 23.3. The molecule has 0 unspecified atom stereocenters. The molecule has 1 saturated heterocycles. The van der Waals surface area contributed by atoms with Crippen molar-refractivity contribution in [1.29, 1.82) is 0 Å². The van der Waals surface area contributed by atoms with Gasteiger partial charge in [0.1, 0.15) is 11.7 Å². The van der Waals surface area contributed by atoms with Gasteiger partial charge in [0.15, 0.2) is 0 Å². The molecule has 3 atom stereocenters. The maximum atomic E-state index is 13.7. The second kappa shape index (κ2) is 7.81. The van der Waals surface area contributed by atoms with Gasteiger partial charge in [-0.2, -0.15) is 0 Å². The van der Waals surface area contributed by atoms with Crippen molar-refractivity contribution < 1.29 is 14.3 Å². The van der Waals surface area contributed by atoms with E-state index >= 15 is 0 Å². The van der Waals surface area contributed by atoms with Crippen LogP contribution in [0.2, 0.25) is 5.02 Å². The minimum absolute atomic E-state index is 0.255. The summed E-state index contributed by atoms with van der Waals surface area (Å²) < 4.78 is 6.50. The lowest BCUT2D eigenvalue weighted by Crippen LogP contribution is -2.72. The van der Waals surface area contributed by atoms with Crippen LogP contribution in [0.5, 0.6) is 5.75 Å². The molecular formula is C26H24ClN3O3. The molecule has 3 aromatic carbocycles. The van der Waals surface area contributed by atoms with Crippen LogP contribution in [0, 0.1) is 19.8 Å². The van der Waals surface area contributed by atoms with Crippen molar-refractivity contribution >= 4 is 34.9 Å². The van der Waals surface area contributed by atoms with Crippen LogP contribution >= 0.6 is 11.6 Å². The molecule has 2 N–H and O–H groups in total. The predicted molar refractivity (Wildman–Crippen MR) is 129 cm³/mol. The van der Waals surface area contributed by atoms with Gasteiger partial charge in [-0.3, -0.25) is 9.69 Å². The molecule has 168 valence electrons. The number of rotatable bonds is 3. The Bertz CT molecular complexity index is 1260. The molecule has 3 aromatic rings. The van der Waals surface area contributed by atoms with Gasteiger partial charge in [-0.25, -0.2) is 4.79 Å². The largest absolute Gasteiger partial charge is 0.466 e. The van der Waals surface area contributed by atoms with Gasteiger partial charge in [-0.15, -0.1) is 0 Å². The van der Waals surface area contributed by atoms with E-state index in [-0.39, 0.29) is 11.9 Å². The van der Waals surface area contributed by atoms with Gasteiger partial charge in [-0.1, -0.05) is 41.9 Å². The highest BCUT2D eigenvalue weighted by Crippen LogP contribution is 2.50. The molecule has 7 heteroatoms. The number of benzene rings is 3. The van der Waals surface area contributed by atoms with Crippen molar-refractivity contribution in [3.63, 3.8) is 0 Å². The fraction of sp³-hybridized carbons (Fsp3) is 0.231. The van der Waals surface area contributed by atoms with Crippen LogP contribution in [-0.4, -0.2) is 17.7 Å². The molecule has 33 heavy (non-hydrogen) atoms. The predicted octanol–water partition coefficient (Wildman–Crippen LogP) is 5.59. The second-order valence-electron chi connectivity index (χ2n) is 8.72. The SMILES string of the molecule is Cc1ccc(C)c(N2C(=O)N[C@H]3c4ccccc4O[C@@]2(C)[C@H]3C(=O)Nc2ccc(Cl)cc2)c1. The van der Waals surface area contributed by atoms with Crippen molar-refractivity contribution in [1.82, 2.24) is 5.32 Å². The molecule has 2 bridgehead atoms. The molecule has 2 aliphatic heterocycles. The van der Waals surface area contributed by atoms with Crippen LogP contribution in [0.4, 0.5) is 16.2 Å². The maximum Gasteiger partial charge on any atom is 0.325 e. The quantitative estimate of drug-likeness (QED) is 0.534. The Kier molecular flexibility index (Phi) is 5.05. The van der Waals surface area contributed by atoms with Crippen molar-refractivity contribution in [3.05, 3.63) is 88.4 Å². The van der Waals surface area contributed by atoms with Crippen molar-refractivity contribution in [3.8, 4) is 5.75 Å². The molecule has 6 nitrogen and oxygen atoms in total. The van der Waals surface area contributed by atoms with Crippen LogP contribution in [0.15, 0.2) is 66.7 Å². The topological polar surface area (TPSA) is 70.7 Å². The number of carbonyl (C=O) groups is 2. The van der Waals surface area contributed by atoms with E-state index in [1.807, 2.05) is 63.2 Å². The van der Waals surface area contributed by atoms with Crippen LogP contribution < -0.4 is 20.3 Å². The Balaban J connectivity index is 1.63. The summed E-state index contributed by atoms with van der Waals surface area (Å²) in [6.45, 7) is 5.72. The Morgan fingerprint density at radius 3 is 2.58 bits per heavy atom. The molecule has 1 fully saturated rings. The summed E-state index contributed by atoms with van der Waals surface area (Å²) >= 11 is 6.00. The number of hydrogen-bond acceptors (Lipinski definition) is 3. The highest BCUT2D eigenvalue weighted by molar-refractivity contribution is 6.30. The Labute approximate surface area is 197 Å². The highest BCUT2D eigenvalue weighted by atomic mass is 35.5. The van der Waals surface area contributed by atoms with Gasteiger partial charge >= 0.3 is 6.03 Å². The molecule has 5 rings (SSSR count). The zero-order valence-electron chi connectivity index (χ0n) is 18.6. The van der Waals surface area contributed by atoms with Crippen molar-refractivity contribution in [2.75, 3.05) is 10.2 Å². The third-order valence-corrected chi connectivity index (χ3v) is 6.66. The standard InChI is InChI=1S/C26H24ClN3O3/c1-15-8-9-16(2)20(14-15)30-25(32)29-23-19-6-4-5-7-21(19)33-26(30,3)22(23)24(31)28-18-12-10-17(27)11-13-18/h4-14,22-23H,1-3H3,(H,28,31)(H,29,32)/t22-,23+,26+/m1/s1. The molecular weight excluding hydrogens is 438 g/mol. The summed E-state index contributed by atoms with van der Waals surface area (Å²) in [5.74, 6) is -0.328. The van der Waals surface area contributed by atoms with Crippen LogP contribution in [0.3, 0.4) is 0 Å². The van der Waals surface area contributed by atoms with E-state index in [4.69, 9.17) is 16.3 Å². The third kappa shape index (κ3) is 3.51. The molecule has 0 aliphatic carbocycles. The Morgan fingerprint density at radius 2 is 1.82 bits per heavy atom. The number of halogens is 1. The molecule has 0 saturated carbocycles. The number of hydrogen-bond donors (Lipinski definition) is 2. The Morgan fingerprint density at radius 1 is 1.09 bits per heavy atom. The zero-order valence-corrected chi connectivity index (χ0v) is 19.3. The van der Waals surface area contributed by atoms with Gasteiger partial charge in [0, 0.05) is 16.3 Å². The van der Waals surface area contributed by atoms with Crippen molar-refractivity contribution in [2.24, 2.45) is 5.92 Å². The monoisotopic (exact) mass is 461 g/mol. The number of carbonyl (C=O) groups excluding carboxylic acids is 2. The summed E-state index contributed by atoms with van der Waals surface area (Å²) in [4.78, 5) is 28.7. The van der Waals surface area contributed by atoms with Crippen molar-refractivity contribution in [2.45, 2.75) is 32.5 Å². The van der Waals surface area contributed by atoms with E-state index in [0.29, 0.717) is 22.1 Å². The van der Waals surface area contributed by atoms with Gasteiger partial charge in [0.25, 0.3) is 0 Å². The fourth-order valence-electron chi connectivity index (χ4n) is 4.81. The minimum Gasteiger partial charge on any atom is -0.466 e. The van der Waals surface area contributed by atoms with E-state index < -0.39 is 17.7 Å². The summed E-state index contributed by atoms with van der Waals surface area (Å²) in [6, 6.07) is 19.5. The number of nitrogens with one attached hydrogen (secondary N) is 2. The van der Waals surface area contributed by atoms with Gasteiger partial charge in [0.05, 0.1) is 11.7 Å². The Hall–Kier alpha value is -3.51. The number of para-hydroxylation sites is 1. The van der Waals surface area contributed by atoms with E-state index in [9.17, 15) is 9.59 Å². The third-order valence-electron chi connectivity index (χ3n) is 6.41. The lowest BCUT2D eigenvalue weighted by molar-refractivity contribution is -0.131. The lowest BCUT2D eigenvalue weighted by Gasteiger charge is -2.54. The second-order valence-corrected chi connectivity index (χ2v) is 9.16. The highest BCUT2D eigenvalue weighted by Gasteiger charge is 2.60. The molecule has 0 spiro atoms. The van der Waals surface area contributed by atoms with E-state index in [1.165, 1.54) is 0 Å². The smallest absolute Gasteiger partial charge is 0.325 e. The number of urea groups is 1. The summed E-state index contributed by atoms with van der Waals surface area (Å²) in [5.41, 5.74) is 2.77. The first kappa shape index (κ1) is 21.3. The fourth-order valence-corrected chi connectivity index (χ4v) is 4.93. The molecule has 0 radical (unpaired) electrons. The first-order chi connectivity index (χ1) is 15.8. The molecule has 0 aromatic heterocycles. The molecule has 2 heterocycles. The molecule has 3 amide bonds. The summed E-state index contributed by atoms with van der Waals surface area (Å²) in [6.07, 6.45) is 0.